The molecule has 1 fully saturated rings. The van der Waals surface area contributed by atoms with Gasteiger partial charge in [0.05, 0.1) is 26.0 Å². The van der Waals surface area contributed by atoms with E-state index in [1.165, 1.54) is 6.33 Å². The number of anilines is 2. The predicted octanol–water partition coefficient (Wildman–Crippen LogP) is 4.32. The van der Waals surface area contributed by atoms with Crippen LogP contribution in [0, 0.1) is 12.3 Å². The van der Waals surface area contributed by atoms with E-state index >= 15 is 0 Å². The van der Waals surface area contributed by atoms with E-state index < -0.39 is 0 Å². The first-order valence-corrected chi connectivity index (χ1v) is 10.5. The molecule has 0 spiro atoms. The molecule has 1 saturated heterocycles. The van der Waals surface area contributed by atoms with Crippen LogP contribution in [0.4, 0.5) is 11.5 Å². The van der Waals surface area contributed by atoms with Crippen LogP contribution in [0.2, 0.25) is 0 Å². The normalized spacial score (nSPS) is 14.3. The molecule has 0 aliphatic carbocycles. The number of likely N-dealkylation sites (tertiary alicyclic amines) is 1. The number of rotatable bonds is 7. The molecular weight excluding hydrogens is 404 g/mol. The van der Waals surface area contributed by atoms with E-state index in [2.05, 4.69) is 26.1 Å². The highest BCUT2D eigenvalue weighted by atomic mass is 16.5. The third kappa shape index (κ3) is 4.86. The minimum Gasteiger partial charge on any atom is -0.503 e. The van der Waals surface area contributed by atoms with Crippen LogP contribution in [-0.2, 0) is 4.74 Å². The smallest absolute Gasteiger partial charge is 0.162 e. The largest absolute Gasteiger partial charge is 0.503 e. The molecule has 2 aromatic carbocycles. The summed E-state index contributed by atoms with van der Waals surface area (Å²) >= 11 is 0. The number of hydrogen-bond donors (Lipinski definition) is 1. The topological polar surface area (TPSA) is 68.7 Å². The Bertz CT molecular complexity index is 1150. The summed E-state index contributed by atoms with van der Waals surface area (Å²) in [6, 6.07) is 11.5. The van der Waals surface area contributed by atoms with Gasteiger partial charge in [-0.25, -0.2) is 9.97 Å². The van der Waals surface area contributed by atoms with Crippen molar-refractivity contribution in [2.24, 2.45) is 0 Å². The van der Waals surface area contributed by atoms with E-state index in [4.69, 9.17) is 20.6 Å². The lowest BCUT2D eigenvalue weighted by molar-refractivity contribution is 0.118. The average molecular weight is 431 g/mol. The van der Waals surface area contributed by atoms with Crippen molar-refractivity contribution >= 4 is 22.4 Å². The van der Waals surface area contributed by atoms with Crippen molar-refractivity contribution in [2.75, 3.05) is 32.6 Å². The fraction of sp³-hybridized carbons (Fsp3) is 0.280. The van der Waals surface area contributed by atoms with Crippen molar-refractivity contribution in [3.8, 4) is 23.8 Å². The summed E-state index contributed by atoms with van der Waals surface area (Å²) in [5.74, 6) is 4.66. The number of methoxy groups -OCH3 is 2. The zero-order chi connectivity index (χ0) is 22.3. The lowest BCUT2D eigenvalue weighted by Crippen LogP contribution is -2.35. The Morgan fingerprint density at radius 3 is 2.72 bits per heavy atom. The molecule has 0 unspecified atom stereocenters. The van der Waals surface area contributed by atoms with E-state index in [0.29, 0.717) is 17.3 Å². The zero-order valence-electron chi connectivity index (χ0n) is 18.2. The Morgan fingerprint density at radius 1 is 1.12 bits per heavy atom. The number of terminal acetylenes is 1. The standard InChI is InChI=1S/C25H26N4O3/c1-4-18-6-5-7-19(14-18)28-25-21-15-24(23(31-3)16-22(21)26-17-27-25)32-20-8-10-29(11-9-20)12-13-30-2/h1,5-7,12-17,20H,8-11H2,2-3H3,(H,26,27,28). The second kappa shape index (κ2) is 9.92. The van der Waals surface area contributed by atoms with Crippen molar-refractivity contribution in [1.82, 2.24) is 14.9 Å². The van der Waals surface area contributed by atoms with Crippen LogP contribution in [0.25, 0.3) is 10.9 Å². The molecule has 7 heteroatoms. The third-order valence-electron chi connectivity index (χ3n) is 5.39. The van der Waals surface area contributed by atoms with Crippen molar-refractivity contribution in [3.63, 3.8) is 0 Å². The summed E-state index contributed by atoms with van der Waals surface area (Å²) in [4.78, 5) is 11.1. The molecule has 1 aliphatic rings. The van der Waals surface area contributed by atoms with E-state index in [9.17, 15) is 0 Å². The van der Waals surface area contributed by atoms with Crippen molar-refractivity contribution in [1.29, 1.82) is 0 Å². The van der Waals surface area contributed by atoms with Gasteiger partial charge in [0.25, 0.3) is 0 Å². The number of nitrogens with zero attached hydrogens (tertiary/aromatic N) is 3. The maximum Gasteiger partial charge on any atom is 0.162 e. The van der Waals surface area contributed by atoms with Crippen LogP contribution in [0.1, 0.15) is 18.4 Å². The van der Waals surface area contributed by atoms with Gasteiger partial charge in [0, 0.05) is 54.8 Å². The zero-order valence-corrected chi connectivity index (χ0v) is 18.2. The molecule has 2 heterocycles. The van der Waals surface area contributed by atoms with Crippen LogP contribution in [0.3, 0.4) is 0 Å². The fourth-order valence-corrected chi connectivity index (χ4v) is 3.71. The summed E-state index contributed by atoms with van der Waals surface area (Å²) in [6.45, 7) is 1.81. The maximum atomic E-state index is 6.36. The minimum atomic E-state index is 0.0990. The number of hydrogen-bond acceptors (Lipinski definition) is 7. The molecule has 1 aliphatic heterocycles. The predicted molar refractivity (Wildman–Crippen MR) is 125 cm³/mol. The van der Waals surface area contributed by atoms with Crippen molar-refractivity contribution in [3.05, 3.63) is 60.8 Å². The van der Waals surface area contributed by atoms with Gasteiger partial charge in [-0.15, -0.1) is 6.42 Å². The number of ether oxygens (including phenoxy) is 3. The highest BCUT2D eigenvalue weighted by Gasteiger charge is 2.21. The lowest BCUT2D eigenvalue weighted by Gasteiger charge is -2.31. The molecule has 0 amide bonds. The fourth-order valence-electron chi connectivity index (χ4n) is 3.71. The van der Waals surface area contributed by atoms with Crippen molar-refractivity contribution < 1.29 is 14.2 Å². The minimum absolute atomic E-state index is 0.0990. The van der Waals surface area contributed by atoms with Crippen LogP contribution in [0.5, 0.6) is 11.5 Å². The van der Waals surface area contributed by atoms with Gasteiger partial charge in [-0.05, 0) is 24.3 Å². The van der Waals surface area contributed by atoms with E-state index in [1.54, 1.807) is 20.5 Å². The van der Waals surface area contributed by atoms with Gasteiger partial charge in [-0.1, -0.05) is 12.0 Å². The third-order valence-corrected chi connectivity index (χ3v) is 5.39. The highest BCUT2D eigenvalue weighted by Crippen LogP contribution is 2.36. The first-order valence-electron chi connectivity index (χ1n) is 10.5. The number of nitrogens with one attached hydrogen (secondary N) is 1. The Labute approximate surface area is 188 Å². The van der Waals surface area contributed by atoms with Crippen LogP contribution in [-0.4, -0.2) is 48.3 Å². The van der Waals surface area contributed by atoms with Crippen LogP contribution >= 0.6 is 0 Å². The quantitative estimate of drug-likeness (QED) is 0.442. The second-order valence-electron chi connectivity index (χ2n) is 7.47. The average Bonchev–Trinajstić information content (AvgIpc) is 2.83. The molecule has 0 radical (unpaired) electrons. The number of fused-ring (bicyclic) bond motifs is 1. The lowest BCUT2D eigenvalue weighted by atomic mass is 10.1. The SMILES string of the molecule is C#Cc1cccc(Nc2ncnc3cc(OC)c(OC4CCN(C=COC)CC4)cc23)c1. The molecule has 0 bridgehead atoms. The summed E-state index contributed by atoms with van der Waals surface area (Å²) in [5.41, 5.74) is 2.42. The molecule has 1 N–H and O–H groups in total. The summed E-state index contributed by atoms with van der Waals surface area (Å²) in [5, 5.41) is 4.19. The molecule has 32 heavy (non-hydrogen) atoms. The molecule has 7 nitrogen and oxygen atoms in total. The molecular formula is C25H26N4O3. The van der Waals surface area contributed by atoms with Gasteiger partial charge in [0.2, 0.25) is 0 Å². The molecule has 164 valence electrons. The molecule has 0 atom stereocenters. The molecule has 0 saturated carbocycles. The van der Waals surface area contributed by atoms with Gasteiger partial charge in [0.15, 0.2) is 11.5 Å². The Hall–Kier alpha value is -3.92. The first-order chi connectivity index (χ1) is 15.7. The first kappa shape index (κ1) is 21.3. The molecule has 4 rings (SSSR count). The maximum absolute atomic E-state index is 6.36. The number of piperidine rings is 1. The summed E-state index contributed by atoms with van der Waals surface area (Å²) < 4.78 is 17.0. The van der Waals surface area contributed by atoms with Gasteiger partial charge in [0.1, 0.15) is 18.2 Å². The van der Waals surface area contributed by atoms with E-state index in [0.717, 1.165) is 48.1 Å². The summed E-state index contributed by atoms with van der Waals surface area (Å²) in [7, 11) is 3.29. The Balaban J connectivity index is 1.58. The Morgan fingerprint density at radius 2 is 1.97 bits per heavy atom. The van der Waals surface area contributed by atoms with Crippen molar-refractivity contribution in [2.45, 2.75) is 18.9 Å². The Kier molecular flexibility index (Phi) is 6.61. The van der Waals surface area contributed by atoms with E-state index in [-0.39, 0.29) is 6.10 Å². The number of aromatic nitrogens is 2. The van der Waals surface area contributed by atoms with Gasteiger partial charge in [-0.2, -0.15) is 0 Å². The van der Waals surface area contributed by atoms with Crippen LogP contribution in [0.15, 0.2) is 55.2 Å². The van der Waals surface area contributed by atoms with Crippen LogP contribution < -0.4 is 14.8 Å². The number of benzene rings is 2. The van der Waals surface area contributed by atoms with Gasteiger partial charge >= 0.3 is 0 Å². The van der Waals surface area contributed by atoms with Gasteiger partial charge in [-0.3, -0.25) is 0 Å². The van der Waals surface area contributed by atoms with Gasteiger partial charge < -0.3 is 24.4 Å². The monoisotopic (exact) mass is 430 g/mol. The molecule has 3 aromatic rings. The molecule has 1 aromatic heterocycles. The summed E-state index contributed by atoms with van der Waals surface area (Å²) in [6.07, 6.45) is 12.6. The highest BCUT2D eigenvalue weighted by molar-refractivity contribution is 5.93. The van der Waals surface area contributed by atoms with E-state index in [1.807, 2.05) is 42.6 Å². The second-order valence-corrected chi connectivity index (χ2v) is 7.47.